The summed E-state index contributed by atoms with van der Waals surface area (Å²) in [6.45, 7) is -1.82. The van der Waals surface area contributed by atoms with Crippen LogP contribution in [0.5, 0.6) is 0 Å². The van der Waals surface area contributed by atoms with Crippen molar-refractivity contribution in [3.05, 3.63) is 100 Å². The number of halogens is 10. The molecule has 0 spiro atoms. The van der Waals surface area contributed by atoms with E-state index < -0.39 is 72.0 Å². The van der Waals surface area contributed by atoms with Gasteiger partial charge in [-0.15, -0.1) is 0 Å². The summed E-state index contributed by atoms with van der Waals surface area (Å²) in [6, 6.07) is 10.3. The first kappa shape index (κ1) is 30.5. The molecular weight excluding hydrogens is 588 g/mol. The van der Waals surface area contributed by atoms with E-state index in [0.717, 1.165) is 12.1 Å². The van der Waals surface area contributed by atoms with E-state index in [2.05, 4.69) is 4.99 Å². The number of aliphatic imine (C=N–C) groups is 1. The van der Waals surface area contributed by atoms with Gasteiger partial charge in [0.2, 0.25) is 12.1 Å². The summed E-state index contributed by atoms with van der Waals surface area (Å²) < 4.78 is 134. The van der Waals surface area contributed by atoms with Crippen LogP contribution in [0.2, 0.25) is 0 Å². The number of hydrogen-bond donors (Lipinski definition) is 1. The first-order valence-corrected chi connectivity index (χ1v) is 11.8. The predicted molar refractivity (Wildman–Crippen MR) is 129 cm³/mol. The van der Waals surface area contributed by atoms with Gasteiger partial charge in [0.05, 0.1) is 28.9 Å². The van der Waals surface area contributed by atoms with E-state index in [9.17, 15) is 53.5 Å². The molecule has 1 unspecified atom stereocenters. The van der Waals surface area contributed by atoms with Crippen LogP contribution in [0.25, 0.3) is 0 Å². The van der Waals surface area contributed by atoms with E-state index in [1.807, 2.05) is 5.32 Å². The lowest BCUT2D eigenvalue weighted by molar-refractivity contribution is -0.143. The third-order valence-corrected chi connectivity index (χ3v) is 6.05. The van der Waals surface area contributed by atoms with Crippen LogP contribution < -0.4 is 10.2 Å². The molecule has 0 bridgehead atoms. The number of alkyl halides is 9. The number of nitrogens with zero attached hydrogens (tertiary/aromatic N) is 2. The highest BCUT2D eigenvalue weighted by atomic mass is 19.4. The Kier molecular flexibility index (Phi) is 8.07. The monoisotopic (exact) mass is 605 g/mol. The molecule has 0 saturated carbocycles. The molecule has 1 aliphatic heterocycles. The van der Waals surface area contributed by atoms with E-state index in [-0.39, 0.29) is 28.6 Å². The average Bonchev–Trinajstić information content (AvgIpc) is 2.98. The van der Waals surface area contributed by atoms with E-state index in [1.165, 1.54) is 36.4 Å². The van der Waals surface area contributed by atoms with Gasteiger partial charge in [0, 0.05) is 11.1 Å². The van der Waals surface area contributed by atoms with Crippen LogP contribution in [0.15, 0.2) is 71.7 Å². The SMILES string of the molecule is O=C(Cc1ccc(C(F)(F)F)cc1C(F)(F)F)NC1N=C(c2ccc(F)cc2)c2ccccc2N(CC(F)(F)F)C1=O. The molecule has 5 nitrogen and oxygen atoms in total. The predicted octanol–water partition coefficient (Wildman–Crippen LogP) is 6.29. The summed E-state index contributed by atoms with van der Waals surface area (Å²) in [5, 5.41) is 1.99. The molecule has 4 rings (SSSR count). The Hall–Kier alpha value is -4.43. The fraction of sp³-hybridized carbons (Fsp3) is 0.222. The topological polar surface area (TPSA) is 61.8 Å². The Bertz CT molecular complexity index is 1530. The quantitative estimate of drug-likeness (QED) is 0.348. The molecule has 0 fully saturated rings. The van der Waals surface area contributed by atoms with Crippen molar-refractivity contribution in [1.29, 1.82) is 0 Å². The fourth-order valence-electron chi connectivity index (χ4n) is 4.25. The average molecular weight is 605 g/mol. The van der Waals surface area contributed by atoms with E-state index in [0.29, 0.717) is 17.0 Å². The van der Waals surface area contributed by atoms with Crippen LogP contribution in [0.3, 0.4) is 0 Å². The summed E-state index contributed by atoms with van der Waals surface area (Å²) >= 11 is 0. The molecule has 0 radical (unpaired) electrons. The van der Waals surface area contributed by atoms with Gasteiger partial charge in [-0.05, 0) is 48.0 Å². The van der Waals surface area contributed by atoms with Crippen molar-refractivity contribution in [3.63, 3.8) is 0 Å². The van der Waals surface area contributed by atoms with E-state index in [4.69, 9.17) is 0 Å². The second kappa shape index (κ2) is 11.1. The zero-order valence-electron chi connectivity index (χ0n) is 20.8. The molecule has 1 aliphatic rings. The minimum atomic E-state index is -5.30. The van der Waals surface area contributed by atoms with Gasteiger partial charge in [-0.25, -0.2) is 9.38 Å². The number of benzene rings is 3. The van der Waals surface area contributed by atoms with E-state index in [1.54, 1.807) is 0 Å². The molecule has 0 aliphatic carbocycles. The van der Waals surface area contributed by atoms with Gasteiger partial charge in [0.1, 0.15) is 12.4 Å². The molecule has 1 N–H and O–H groups in total. The first-order valence-electron chi connectivity index (χ1n) is 11.8. The third-order valence-electron chi connectivity index (χ3n) is 6.05. The normalized spacial score (nSPS) is 16.0. The molecule has 0 saturated heterocycles. The summed E-state index contributed by atoms with van der Waals surface area (Å²) in [6.07, 6.45) is -18.6. The Balaban J connectivity index is 1.75. The molecule has 222 valence electrons. The summed E-state index contributed by atoms with van der Waals surface area (Å²) in [4.78, 5) is 30.6. The number of anilines is 1. The minimum absolute atomic E-state index is 0.000513. The molecule has 1 atom stereocenters. The number of benzodiazepines with no additional fused rings is 1. The lowest BCUT2D eigenvalue weighted by Gasteiger charge is -2.26. The van der Waals surface area contributed by atoms with E-state index >= 15 is 0 Å². The standard InChI is InChI=1S/C27H17F10N3O2/c28-17-9-6-14(7-10-17)22-18-3-1-2-4-20(18)40(13-25(29,30)31)24(42)23(39-22)38-21(41)11-15-5-8-16(26(32,33)34)12-19(15)27(35,36)37/h1-10,12,23H,11,13H2,(H,38,41). The van der Waals surface area contributed by atoms with Crippen molar-refractivity contribution in [3.8, 4) is 0 Å². The first-order chi connectivity index (χ1) is 19.4. The number of hydrogen-bond acceptors (Lipinski definition) is 3. The molecule has 1 heterocycles. The van der Waals surface area contributed by atoms with Gasteiger partial charge in [0.15, 0.2) is 0 Å². The maximum Gasteiger partial charge on any atom is 0.416 e. The Morgan fingerprint density at radius 3 is 2.10 bits per heavy atom. The maximum absolute atomic E-state index is 13.6. The van der Waals surface area contributed by atoms with Gasteiger partial charge in [-0.1, -0.05) is 24.3 Å². The van der Waals surface area contributed by atoms with Gasteiger partial charge < -0.3 is 5.32 Å². The van der Waals surface area contributed by atoms with Crippen molar-refractivity contribution in [2.45, 2.75) is 31.1 Å². The van der Waals surface area contributed by atoms with Crippen LogP contribution >= 0.6 is 0 Å². The van der Waals surface area contributed by atoms with Gasteiger partial charge in [-0.3, -0.25) is 14.5 Å². The smallest absolute Gasteiger partial charge is 0.326 e. The molecule has 42 heavy (non-hydrogen) atoms. The van der Waals surface area contributed by atoms with Crippen molar-refractivity contribution in [1.82, 2.24) is 5.32 Å². The van der Waals surface area contributed by atoms with Crippen LogP contribution in [0, 0.1) is 5.82 Å². The molecule has 2 amide bonds. The summed E-state index contributed by atoms with van der Waals surface area (Å²) in [5.41, 5.74) is -4.53. The second-order valence-corrected chi connectivity index (χ2v) is 9.06. The zero-order chi connectivity index (χ0) is 31.0. The van der Waals surface area contributed by atoms with Crippen molar-refractivity contribution < 1.29 is 53.5 Å². The summed E-state index contributed by atoms with van der Waals surface area (Å²) in [5.74, 6) is -3.41. The molecule has 15 heteroatoms. The molecule has 0 aromatic heterocycles. The molecular formula is C27H17F10N3O2. The lowest BCUT2D eigenvalue weighted by Crippen LogP contribution is -2.50. The number of rotatable bonds is 5. The van der Waals surface area contributed by atoms with Crippen LogP contribution in [0.1, 0.15) is 27.8 Å². The lowest BCUT2D eigenvalue weighted by atomic mass is 10.00. The van der Waals surface area contributed by atoms with Crippen molar-refractivity contribution >= 4 is 23.2 Å². The Morgan fingerprint density at radius 1 is 0.857 bits per heavy atom. The van der Waals surface area contributed by atoms with Gasteiger partial charge in [0.25, 0.3) is 5.91 Å². The summed E-state index contributed by atoms with van der Waals surface area (Å²) in [7, 11) is 0. The van der Waals surface area contributed by atoms with Crippen LogP contribution in [0.4, 0.5) is 49.6 Å². The Labute approximate surface area is 230 Å². The van der Waals surface area contributed by atoms with Crippen molar-refractivity contribution in [2.24, 2.45) is 4.99 Å². The number of fused-ring (bicyclic) bond motifs is 1. The van der Waals surface area contributed by atoms with Crippen molar-refractivity contribution in [2.75, 3.05) is 11.4 Å². The number of amides is 2. The molecule has 3 aromatic carbocycles. The fourth-order valence-corrected chi connectivity index (χ4v) is 4.25. The highest BCUT2D eigenvalue weighted by molar-refractivity contribution is 6.20. The highest BCUT2D eigenvalue weighted by Gasteiger charge is 2.41. The zero-order valence-corrected chi connectivity index (χ0v) is 20.8. The maximum atomic E-state index is 13.6. The largest absolute Gasteiger partial charge is 0.416 e. The second-order valence-electron chi connectivity index (χ2n) is 9.06. The van der Waals surface area contributed by atoms with Gasteiger partial charge in [-0.2, -0.15) is 39.5 Å². The minimum Gasteiger partial charge on any atom is -0.326 e. The van der Waals surface area contributed by atoms with Crippen LogP contribution in [-0.2, 0) is 28.4 Å². The number of para-hydroxylation sites is 1. The Morgan fingerprint density at radius 2 is 1.50 bits per heavy atom. The van der Waals surface area contributed by atoms with Gasteiger partial charge >= 0.3 is 18.5 Å². The highest BCUT2D eigenvalue weighted by Crippen LogP contribution is 2.38. The number of carbonyl (C=O) groups is 2. The molecule has 3 aromatic rings. The van der Waals surface area contributed by atoms with Crippen LogP contribution in [-0.4, -0.2) is 36.4 Å². The number of carbonyl (C=O) groups excluding carboxylic acids is 2. The third kappa shape index (κ3) is 6.89. The number of nitrogens with one attached hydrogen (secondary N) is 1.